The van der Waals surface area contributed by atoms with Crippen LogP contribution in [0, 0.1) is 0 Å². The van der Waals surface area contributed by atoms with E-state index in [0.29, 0.717) is 31.0 Å². The second kappa shape index (κ2) is 11.8. The molecule has 180 valence electrons. The van der Waals surface area contributed by atoms with Crippen LogP contribution in [0.3, 0.4) is 0 Å². The van der Waals surface area contributed by atoms with Crippen molar-refractivity contribution in [2.24, 2.45) is 0 Å². The van der Waals surface area contributed by atoms with Gasteiger partial charge in [-0.15, -0.1) is 0 Å². The predicted molar refractivity (Wildman–Crippen MR) is 132 cm³/mol. The summed E-state index contributed by atoms with van der Waals surface area (Å²) in [6.45, 7) is 9.41. The molecule has 1 aliphatic rings. The summed E-state index contributed by atoms with van der Waals surface area (Å²) in [5.74, 6) is 2.03. The number of aromatic nitrogens is 1. The zero-order chi connectivity index (χ0) is 23.8. The summed E-state index contributed by atoms with van der Waals surface area (Å²) < 4.78 is 11.0. The number of piperazine rings is 1. The Morgan fingerprint density at radius 2 is 1.68 bits per heavy atom. The van der Waals surface area contributed by atoms with Gasteiger partial charge in [-0.05, 0) is 41.9 Å². The van der Waals surface area contributed by atoms with E-state index in [1.54, 1.807) is 13.3 Å². The van der Waals surface area contributed by atoms with Crippen LogP contribution in [0.2, 0.25) is 0 Å². The van der Waals surface area contributed by atoms with E-state index in [1.165, 1.54) is 5.56 Å². The van der Waals surface area contributed by atoms with Crippen molar-refractivity contribution in [2.45, 2.75) is 32.9 Å². The number of carbonyl (C=O) groups is 1. The number of aryl methyl sites for hydroxylation is 1. The molecule has 1 N–H and O–H groups in total. The number of benzene rings is 2. The average molecular weight is 463 g/mol. The minimum Gasteiger partial charge on any atom is -0.497 e. The first-order chi connectivity index (χ1) is 16.6. The Morgan fingerprint density at radius 3 is 2.35 bits per heavy atom. The van der Waals surface area contributed by atoms with Gasteiger partial charge in [-0.1, -0.05) is 31.2 Å². The molecule has 0 unspecified atom stereocenters. The zero-order valence-electron chi connectivity index (χ0n) is 20.1. The molecule has 34 heavy (non-hydrogen) atoms. The van der Waals surface area contributed by atoms with Gasteiger partial charge in [-0.3, -0.25) is 9.69 Å². The maximum atomic E-state index is 12.3. The van der Waals surface area contributed by atoms with Gasteiger partial charge in [0.1, 0.15) is 5.75 Å². The topological polar surface area (TPSA) is 70.8 Å². The van der Waals surface area contributed by atoms with Crippen molar-refractivity contribution in [3.8, 4) is 17.1 Å². The van der Waals surface area contributed by atoms with E-state index < -0.39 is 0 Å². The van der Waals surface area contributed by atoms with Crippen LogP contribution in [0.1, 0.15) is 30.4 Å². The predicted octanol–water partition coefficient (Wildman–Crippen LogP) is 3.74. The van der Waals surface area contributed by atoms with Crippen molar-refractivity contribution in [1.82, 2.24) is 20.1 Å². The molecule has 3 aromatic rings. The van der Waals surface area contributed by atoms with Crippen LogP contribution in [-0.4, -0.2) is 60.5 Å². The zero-order valence-corrected chi connectivity index (χ0v) is 20.1. The van der Waals surface area contributed by atoms with Gasteiger partial charge in [0, 0.05) is 57.7 Å². The SMILES string of the molecule is CCN1CCN(Cc2ccc(CNC(=O)CCc3ncc(-c4ccc(OC)cc4)o3)cc2)CC1. The van der Waals surface area contributed by atoms with Crippen molar-refractivity contribution in [1.29, 1.82) is 0 Å². The van der Waals surface area contributed by atoms with Crippen molar-refractivity contribution >= 4 is 5.91 Å². The molecule has 1 fully saturated rings. The molecule has 4 rings (SSSR count). The Kier molecular flexibility index (Phi) is 8.33. The van der Waals surface area contributed by atoms with E-state index in [0.717, 1.165) is 56.1 Å². The van der Waals surface area contributed by atoms with Gasteiger partial charge >= 0.3 is 0 Å². The Bertz CT molecular complexity index is 1040. The Hall–Kier alpha value is -3.16. The number of nitrogens with one attached hydrogen (secondary N) is 1. The number of ether oxygens (including phenoxy) is 1. The maximum Gasteiger partial charge on any atom is 0.220 e. The van der Waals surface area contributed by atoms with E-state index in [1.807, 2.05) is 24.3 Å². The normalized spacial score (nSPS) is 14.8. The first-order valence-corrected chi connectivity index (χ1v) is 12.0. The van der Waals surface area contributed by atoms with Gasteiger partial charge in [-0.25, -0.2) is 4.98 Å². The van der Waals surface area contributed by atoms with Gasteiger partial charge in [0.2, 0.25) is 5.91 Å². The fourth-order valence-corrected chi connectivity index (χ4v) is 4.11. The molecule has 1 saturated heterocycles. The van der Waals surface area contributed by atoms with Crippen molar-refractivity contribution in [3.05, 3.63) is 71.7 Å². The fourth-order valence-electron chi connectivity index (χ4n) is 4.11. The number of hydrogen-bond acceptors (Lipinski definition) is 6. The first kappa shape index (κ1) is 24.0. The molecular formula is C27H34N4O3. The third-order valence-electron chi connectivity index (χ3n) is 6.32. The van der Waals surface area contributed by atoms with Crippen LogP contribution in [0.4, 0.5) is 0 Å². The summed E-state index contributed by atoms with van der Waals surface area (Å²) in [6, 6.07) is 16.2. The van der Waals surface area contributed by atoms with E-state index in [2.05, 4.69) is 51.3 Å². The molecule has 0 atom stereocenters. The van der Waals surface area contributed by atoms with Crippen molar-refractivity contribution in [3.63, 3.8) is 0 Å². The van der Waals surface area contributed by atoms with Crippen LogP contribution in [0.25, 0.3) is 11.3 Å². The summed E-state index contributed by atoms with van der Waals surface area (Å²) in [7, 11) is 1.64. The number of likely N-dealkylation sites (N-methyl/N-ethyl adjacent to an activating group) is 1. The first-order valence-electron chi connectivity index (χ1n) is 12.0. The Labute approximate surface area is 201 Å². The number of carbonyl (C=O) groups excluding carboxylic acids is 1. The molecule has 0 aliphatic carbocycles. The number of hydrogen-bond donors (Lipinski definition) is 1. The van der Waals surface area contributed by atoms with Crippen LogP contribution in [-0.2, 0) is 24.3 Å². The molecule has 0 saturated carbocycles. The molecule has 7 nitrogen and oxygen atoms in total. The monoisotopic (exact) mass is 462 g/mol. The smallest absolute Gasteiger partial charge is 0.220 e. The van der Waals surface area contributed by atoms with Gasteiger partial charge < -0.3 is 19.4 Å². The number of oxazole rings is 1. The van der Waals surface area contributed by atoms with Gasteiger partial charge in [0.25, 0.3) is 0 Å². The summed E-state index contributed by atoms with van der Waals surface area (Å²) in [6.07, 6.45) is 2.50. The van der Waals surface area contributed by atoms with Crippen molar-refractivity contribution in [2.75, 3.05) is 39.8 Å². The lowest BCUT2D eigenvalue weighted by Gasteiger charge is -2.34. The summed E-state index contributed by atoms with van der Waals surface area (Å²) >= 11 is 0. The number of amides is 1. The van der Waals surface area contributed by atoms with E-state index >= 15 is 0 Å². The number of rotatable bonds is 10. The molecule has 0 bridgehead atoms. The molecule has 1 aromatic heterocycles. The van der Waals surface area contributed by atoms with Crippen molar-refractivity contribution < 1.29 is 13.9 Å². The van der Waals surface area contributed by atoms with Gasteiger partial charge in [-0.2, -0.15) is 0 Å². The Balaban J connectivity index is 1.18. The highest BCUT2D eigenvalue weighted by Crippen LogP contribution is 2.23. The Morgan fingerprint density at radius 1 is 1.00 bits per heavy atom. The molecule has 2 aromatic carbocycles. The molecule has 1 amide bonds. The highest BCUT2D eigenvalue weighted by atomic mass is 16.5. The van der Waals surface area contributed by atoms with Crippen LogP contribution in [0.15, 0.2) is 59.1 Å². The third-order valence-corrected chi connectivity index (χ3v) is 6.32. The molecule has 2 heterocycles. The summed E-state index contributed by atoms with van der Waals surface area (Å²) in [5, 5.41) is 2.99. The van der Waals surface area contributed by atoms with Gasteiger partial charge in [0.15, 0.2) is 11.7 Å². The molecule has 0 spiro atoms. The lowest BCUT2D eigenvalue weighted by Crippen LogP contribution is -2.45. The lowest BCUT2D eigenvalue weighted by atomic mass is 10.1. The maximum absolute atomic E-state index is 12.3. The fraction of sp³-hybridized carbons (Fsp3) is 0.407. The lowest BCUT2D eigenvalue weighted by molar-refractivity contribution is -0.121. The standard InChI is InChI=1S/C27H34N4O3/c1-3-30-14-16-31(17-15-30)20-22-6-4-21(5-7-22)18-28-26(32)12-13-27-29-19-25(34-27)23-8-10-24(33-2)11-9-23/h4-11,19H,3,12-18,20H2,1-2H3,(H,28,32). The average Bonchev–Trinajstić information content (AvgIpc) is 3.37. The molecule has 7 heteroatoms. The quantitative estimate of drug-likeness (QED) is 0.495. The number of nitrogens with zero attached hydrogens (tertiary/aromatic N) is 3. The minimum absolute atomic E-state index is 0.0120. The van der Waals surface area contributed by atoms with E-state index in [4.69, 9.17) is 9.15 Å². The van der Waals surface area contributed by atoms with Gasteiger partial charge in [0.05, 0.1) is 13.3 Å². The highest BCUT2D eigenvalue weighted by molar-refractivity contribution is 5.76. The summed E-state index contributed by atoms with van der Waals surface area (Å²) in [5.41, 5.74) is 3.35. The minimum atomic E-state index is -0.0120. The van der Waals surface area contributed by atoms with E-state index in [9.17, 15) is 4.79 Å². The van der Waals surface area contributed by atoms with Crippen LogP contribution < -0.4 is 10.1 Å². The largest absolute Gasteiger partial charge is 0.497 e. The molecular weight excluding hydrogens is 428 g/mol. The number of methoxy groups -OCH3 is 1. The second-order valence-electron chi connectivity index (χ2n) is 8.65. The highest BCUT2D eigenvalue weighted by Gasteiger charge is 2.15. The molecule has 0 radical (unpaired) electrons. The molecule has 1 aliphatic heterocycles. The summed E-state index contributed by atoms with van der Waals surface area (Å²) in [4.78, 5) is 21.6. The van der Waals surface area contributed by atoms with E-state index in [-0.39, 0.29) is 5.91 Å². The second-order valence-corrected chi connectivity index (χ2v) is 8.65. The van der Waals surface area contributed by atoms with Crippen LogP contribution >= 0.6 is 0 Å². The third kappa shape index (κ3) is 6.68. The van der Waals surface area contributed by atoms with Crippen LogP contribution in [0.5, 0.6) is 5.75 Å².